The Kier molecular flexibility index (Phi) is 4.30. The molecule has 1 aromatic heterocycles. The molecule has 3 nitrogen and oxygen atoms in total. The topological polar surface area (TPSA) is 48.1 Å². The number of hydrogen-bond donors (Lipinski definition) is 1. The minimum Gasteiger partial charge on any atom is -0.388 e. The maximum absolute atomic E-state index is 12.7. The van der Waals surface area contributed by atoms with E-state index >= 15 is 0 Å². The Balaban J connectivity index is 3.39. The molecule has 102 valence electrons. The second-order valence-electron chi connectivity index (χ2n) is 3.01. The summed E-state index contributed by atoms with van der Waals surface area (Å²) in [6, 6.07) is 0. The van der Waals surface area contributed by atoms with Crippen LogP contribution in [0.25, 0.3) is 0 Å². The van der Waals surface area contributed by atoms with E-state index in [1.165, 1.54) is 22.6 Å². The summed E-state index contributed by atoms with van der Waals surface area (Å²) in [4.78, 5) is 3.18. The van der Waals surface area contributed by atoms with E-state index in [9.17, 15) is 26.3 Å². The van der Waals surface area contributed by atoms with Crippen LogP contribution in [0.1, 0.15) is 11.1 Å². The molecule has 1 rings (SSSR count). The Morgan fingerprint density at radius 1 is 1.22 bits per heavy atom. The highest BCUT2D eigenvalue weighted by molar-refractivity contribution is 14.1. The molecule has 0 aliphatic heterocycles. The number of nitrogens with zero attached hydrogens (tertiary/aromatic N) is 1. The summed E-state index contributed by atoms with van der Waals surface area (Å²) in [5.41, 5.74) is 2.95. The van der Waals surface area contributed by atoms with E-state index in [-0.39, 0.29) is 3.57 Å². The first-order chi connectivity index (χ1) is 8.06. The van der Waals surface area contributed by atoms with E-state index in [4.69, 9.17) is 5.73 Å². The van der Waals surface area contributed by atoms with Crippen LogP contribution in [-0.4, -0.2) is 11.3 Å². The van der Waals surface area contributed by atoms with Crippen LogP contribution in [0.2, 0.25) is 0 Å². The van der Waals surface area contributed by atoms with E-state index in [0.29, 0.717) is 6.20 Å². The van der Waals surface area contributed by atoms with Crippen molar-refractivity contribution in [2.75, 3.05) is 0 Å². The Morgan fingerprint density at radius 3 is 2.17 bits per heavy atom. The molecule has 0 spiro atoms. The van der Waals surface area contributed by atoms with E-state index in [1.807, 2.05) is 0 Å². The van der Waals surface area contributed by atoms with E-state index in [1.54, 1.807) is 0 Å². The predicted octanol–water partition coefficient (Wildman–Crippen LogP) is 3.06. The van der Waals surface area contributed by atoms with Crippen LogP contribution < -0.4 is 10.5 Å². The van der Waals surface area contributed by atoms with Crippen molar-refractivity contribution in [1.82, 2.24) is 4.98 Å². The van der Waals surface area contributed by atoms with Crippen molar-refractivity contribution in [2.24, 2.45) is 5.73 Å². The highest BCUT2D eigenvalue weighted by atomic mass is 127. The molecule has 0 bridgehead atoms. The Bertz CT molecular complexity index is 444. The SMILES string of the molecule is NCc1c(OC(F)(F)F)ncc(I)c1C(F)(F)F. The number of halogens is 7. The van der Waals surface area contributed by atoms with Crippen LogP contribution in [0.15, 0.2) is 6.20 Å². The van der Waals surface area contributed by atoms with Crippen molar-refractivity contribution in [3.63, 3.8) is 0 Å². The summed E-state index contributed by atoms with van der Waals surface area (Å²) in [6.07, 6.45) is -9.33. The standard InChI is InChI=1S/C8H5F6IN2O/c9-7(10,11)5-3(1-16)6(17-2-4(5)15)18-8(12,13)14/h2H,1,16H2. The van der Waals surface area contributed by atoms with Crippen LogP contribution in [0.5, 0.6) is 5.88 Å². The first-order valence-corrected chi connectivity index (χ1v) is 5.34. The number of alkyl halides is 6. The van der Waals surface area contributed by atoms with Gasteiger partial charge in [0.1, 0.15) is 0 Å². The number of hydrogen-bond acceptors (Lipinski definition) is 3. The highest BCUT2D eigenvalue weighted by Crippen LogP contribution is 2.39. The van der Waals surface area contributed by atoms with Crippen LogP contribution in [0.3, 0.4) is 0 Å². The van der Waals surface area contributed by atoms with E-state index in [0.717, 1.165) is 0 Å². The molecule has 0 aromatic carbocycles. The first-order valence-electron chi connectivity index (χ1n) is 4.26. The monoisotopic (exact) mass is 386 g/mol. The van der Waals surface area contributed by atoms with Crippen molar-refractivity contribution in [2.45, 2.75) is 19.1 Å². The first kappa shape index (κ1) is 15.3. The fourth-order valence-corrected chi connectivity index (χ4v) is 1.97. The molecule has 0 saturated carbocycles. The van der Waals surface area contributed by atoms with Gasteiger partial charge in [0.25, 0.3) is 0 Å². The van der Waals surface area contributed by atoms with Crippen LogP contribution in [-0.2, 0) is 12.7 Å². The quantitative estimate of drug-likeness (QED) is 0.628. The number of pyridine rings is 1. The summed E-state index contributed by atoms with van der Waals surface area (Å²) in [7, 11) is 0. The van der Waals surface area contributed by atoms with Crippen LogP contribution in [0.4, 0.5) is 26.3 Å². The third-order valence-corrected chi connectivity index (χ3v) is 2.61. The minimum absolute atomic E-state index is 0.352. The molecule has 0 radical (unpaired) electrons. The smallest absolute Gasteiger partial charge is 0.388 e. The normalized spacial score (nSPS) is 12.7. The Morgan fingerprint density at radius 2 is 1.78 bits per heavy atom. The minimum atomic E-state index is -5.13. The third kappa shape index (κ3) is 3.60. The van der Waals surface area contributed by atoms with Gasteiger partial charge in [-0.05, 0) is 22.6 Å². The molecule has 0 unspecified atom stereocenters. The summed E-state index contributed by atoms with van der Waals surface area (Å²) < 4.78 is 77.1. The van der Waals surface area contributed by atoms with Crippen molar-refractivity contribution >= 4 is 22.6 Å². The number of nitrogens with two attached hydrogens (primary N) is 1. The average molecular weight is 386 g/mol. The number of rotatable bonds is 2. The number of ether oxygens (including phenoxy) is 1. The summed E-state index contributed by atoms with van der Waals surface area (Å²) >= 11 is 1.31. The van der Waals surface area contributed by atoms with Crippen LogP contribution in [0, 0.1) is 3.57 Å². The number of aromatic nitrogens is 1. The van der Waals surface area contributed by atoms with Gasteiger partial charge in [-0.1, -0.05) is 0 Å². The molecule has 1 heterocycles. The van der Waals surface area contributed by atoms with Gasteiger partial charge < -0.3 is 10.5 Å². The Hall–Kier alpha value is -0.780. The molecule has 1 aromatic rings. The predicted molar refractivity (Wildman–Crippen MR) is 56.5 cm³/mol. The van der Waals surface area contributed by atoms with Gasteiger partial charge in [0.15, 0.2) is 0 Å². The molecule has 10 heteroatoms. The Labute approximate surface area is 110 Å². The zero-order valence-corrected chi connectivity index (χ0v) is 10.5. The largest absolute Gasteiger partial charge is 0.574 e. The van der Waals surface area contributed by atoms with E-state index < -0.39 is 36.1 Å². The summed E-state index contributed by atoms with van der Waals surface area (Å²) in [6.45, 7) is -0.774. The van der Waals surface area contributed by atoms with E-state index in [2.05, 4.69) is 9.72 Å². The maximum atomic E-state index is 12.7. The van der Waals surface area contributed by atoms with Gasteiger partial charge in [0.05, 0.1) is 5.56 Å². The fraction of sp³-hybridized carbons (Fsp3) is 0.375. The zero-order valence-electron chi connectivity index (χ0n) is 8.36. The van der Waals surface area contributed by atoms with Gasteiger partial charge in [0, 0.05) is 21.9 Å². The van der Waals surface area contributed by atoms with Gasteiger partial charge >= 0.3 is 12.5 Å². The summed E-state index contributed by atoms with van der Waals surface area (Å²) in [5, 5.41) is 0. The van der Waals surface area contributed by atoms with Crippen molar-refractivity contribution in [3.8, 4) is 5.88 Å². The van der Waals surface area contributed by atoms with Crippen molar-refractivity contribution < 1.29 is 31.1 Å². The molecule has 0 aliphatic carbocycles. The lowest BCUT2D eigenvalue weighted by Crippen LogP contribution is -2.22. The lowest BCUT2D eigenvalue weighted by molar-refractivity contribution is -0.276. The second kappa shape index (κ2) is 5.07. The molecule has 0 aliphatic rings. The molecule has 0 atom stereocenters. The van der Waals surface area contributed by atoms with Gasteiger partial charge in [-0.2, -0.15) is 13.2 Å². The lowest BCUT2D eigenvalue weighted by Gasteiger charge is -2.17. The van der Waals surface area contributed by atoms with Crippen molar-refractivity contribution in [3.05, 3.63) is 20.9 Å². The van der Waals surface area contributed by atoms with Gasteiger partial charge in [-0.3, -0.25) is 0 Å². The van der Waals surface area contributed by atoms with Gasteiger partial charge in [0.2, 0.25) is 5.88 Å². The zero-order chi connectivity index (χ0) is 14.1. The molecular weight excluding hydrogens is 381 g/mol. The highest BCUT2D eigenvalue weighted by Gasteiger charge is 2.40. The molecule has 0 fully saturated rings. The van der Waals surface area contributed by atoms with Crippen molar-refractivity contribution in [1.29, 1.82) is 0 Å². The molecule has 18 heavy (non-hydrogen) atoms. The molecular formula is C8H5F6IN2O. The molecule has 2 N–H and O–H groups in total. The molecule has 0 amide bonds. The molecule has 0 saturated heterocycles. The summed E-state index contributed by atoms with van der Waals surface area (Å²) in [5.74, 6) is -1.18. The third-order valence-electron chi connectivity index (χ3n) is 1.79. The van der Waals surface area contributed by atoms with Gasteiger partial charge in [-0.15, -0.1) is 13.2 Å². The second-order valence-corrected chi connectivity index (χ2v) is 4.18. The fourth-order valence-electron chi connectivity index (χ4n) is 1.20. The van der Waals surface area contributed by atoms with Gasteiger partial charge in [-0.25, -0.2) is 4.98 Å². The average Bonchev–Trinajstić information content (AvgIpc) is 2.16. The lowest BCUT2D eigenvalue weighted by atomic mass is 10.1. The van der Waals surface area contributed by atoms with Crippen LogP contribution >= 0.6 is 22.6 Å². The maximum Gasteiger partial charge on any atom is 0.574 e.